The molecule has 2 aliphatic heterocycles. The van der Waals surface area contributed by atoms with Gasteiger partial charge in [0.1, 0.15) is 0 Å². The molecule has 3 rings (SSSR count). The summed E-state index contributed by atoms with van der Waals surface area (Å²) in [5.41, 5.74) is -0.0920. The molecule has 130 valence electrons. The van der Waals surface area contributed by atoms with Crippen LogP contribution >= 0.6 is 11.6 Å². The summed E-state index contributed by atoms with van der Waals surface area (Å²) in [5, 5.41) is 16.3. The monoisotopic (exact) mass is 355 g/mol. The van der Waals surface area contributed by atoms with Crippen LogP contribution in [0.25, 0.3) is 0 Å². The first-order chi connectivity index (χ1) is 11.5. The summed E-state index contributed by atoms with van der Waals surface area (Å²) in [6.07, 6.45) is 2.26. The van der Waals surface area contributed by atoms with Crippen LogP contribution < -0.4 is 10.6 Å². The fraction of sp³-hybridized carbons (Fsp3) is 0.533. The normalized spacial score (nSPS) is 26.3. The number of nitro groups is 1. The van der Waals surface area contributed by atoms with Crippen LogP contribution in [0.3, 0.4) is 0 Å². The Kier molecular flexibility index (Phi) is 4.88. The molecule has 1 aromatic carbocycles. The van der Waals surface area contributed by atoms with E-state index in [2.05, 4.69) is 10.6 Å². The highest BCUT2D eigenvalue weighted by Gasteiger charge is 2.41. The molecule has 24 heavy (non-hydrogen) atoms. The lowest BCUT2D eigenvalue weighted by molar-refractivity contribution is -0.384. The molecule has 0 saturated carbocycles. The van der Waals surface area contributed by atoms with Crippen LogP contribution in [0.15, 0.2) is 18.2 Å². The first-order valence-corrected chi connectivity index (χ1v) is 8.08. The third-order valence-corrected chi connectivity index (χ3v) is 4.62. The van der Waals surface area contributed by atoms with Gasteiger partial charge in [-0.3, -0.25) is 10.1 Å². The minimum Gasteiger partial charge on any atom is -0.378 e. The molecule has 0 unspecified atom stereocenters. The average molecular weight is 356 g/mol. The Morgan fingerprint density at radius 1 is 1.42 bits per heavy atom. The topological polar surface area (TPSA) is 103 Å². The summed E-state index contributed by atoms with van der Waals surface area (Å²) in [5.74, 6) is 0. The maximum atomic E-state index is 12.2. The highest BCUT2D eigenvalue weighted by atomic mass is 35.5. The molecule has 2 aliphatic rings. The Labute approximate surface area is 143 Å². The number of nitrogens with one attached hydrogen (secondary N) is 2. The van der Waals surface area contributed by atoms with Crippen LogP contribution in [0.4, 0.5) is 16.2 Å². The minimum absolute atomic E-state index is 0.0164. The van der Waals surface area contributed by atoms with E-state index in [9.17, 15) is 14.9 Å². The molecule has 9 heteroatoms. The molecule has 1 aromatic rings. The van der Waals surface area contributed by atoms with E-state index in [4.69, 9.17) is 21.1 Å². The molecule has 0 bridgehead atoms. The van der Waals surface area contributed by atoms with Crippen LogP contribution in [-0.4, -0.2) is 42.4 Å². The third-order valence-electron chi connectivity index (χ3n) is 4.31. The van der Waals surface area contributed by atoms with E-state index in [1.165, 1.54) is 18.2 Å². The number of hydrogen-bond donors (Lipinski definition) is 2. The molecular weight excluding hydrogens is 338 g/mol. The lowest BCUT2D eigenvalue weighted by Crippen LogP contribution is -2.49. The quantitative estimate of drug-likeness (QED) is 0.641. The zero-order valence-corrected chi connectivity index (χ0v) is 13.7. The summed E-state index contributed by atoms with van der Waals surface area (Å²) in [6, 6.07) is 3.50. The summed E-state index contributed by atoms with van der Waals surface area (Å²) in [4.78, 5) is 22.3. The molecular formula is C15H18ClN3O5. The molecule has 2 atom stereocenters. The second-order valence-corrected chi connectivity index (χ2v) is 6.45. The maximum absolute atomic E-state index is 12.2. The van der Waals surface area contributed by atoms with Crippen molar-refractivity contribution in [1.82, 2.24) is 5.32 Å². The van der Waals surface area contributed by atoms with E-state index in [0.717, 1.165) is 12.8 Å². The number of ether oxygens (including phenoxy) is 2. The Balaban J connectivity index is 1.58. The fourth-order valence-corrected chi connectivity index (χ4v) is 3.30. The first-order valence-electron chi connectivity index (χ1n) is 7.71. The molecule has 2 amide bonds. The molecule has 2 heterocycles. The smallest absolute Gasteiger partial charge is 0.319 e. The zero-order chi connectivity index (χ0) is 17.2. The minimum atomic E-state index is -0.541. The van der Waals surface area contributed by atoms with Gasteiger partial charge in [0.2, 0.25) is 0 Å². The highest BCUT2D eigenvalue weighted by Crippen LogP contribution is 2.33. The number of urea groups is 1. The van der Waals surface area contributed by atoms with Crippen LogP contribution in [0, 0.1) is 10.1 Å². The van der Waals surface area contributed by atoms with Gasteiger partial charge in [-0.05, 0) is 18.9 Å². The van der Waals surface area contributed by atoms with Crippen LogP contribution in [-0.2, 0) is 9.47 Å². The van der Waals surface area contributed by atoms with Crippen molar-refractivity contribution >= 4 is 29.0 Å². The number of amides is 2. The van der Waals surface area contributed by atoms with Gasteiger partial charge in [0.05, 0.1) is 27.8 Å². The molecule has 0 aliphatic carbocycles. The van der Waals surface area contributed by atoms with Gasteiger partial charge in [-0.2, -0.15) is 0 Å². The zero-order valence-electron chi connectivity index (χ0n) is 12.9. The number of rotatable bonds is 3. The van der Waals surface area contributed by atoms with E-state index in [1.54, 1.807) is 0 Å². The van der Waals surface area contributed by atoms with Crippen LogP contribution in [0.5, 0.6) is 0 Å². The number of anilines is 1. The van der Waals surface area contributed by atoms with Gasteiger partial charge >= 0.3 is 6.03 Å². The predicted octanol–water partition coefficient (Wildman–Crippen LogP) is 2.71. The number of nitro benzene ring substituents is 1. The maximum Gasteiger partial charge on any atom is 0.319 e. The predicted molar refractivity (Wildman–Crippen MR) is 87.4 cm³/mol. The molecule has 1 spiro atoms. The average Bonchev–Trinajstić information content (AvgIpc) is 2.96. The summed E-state index contributed by atoms with van der Waals surface area (Å²) in [7, 11) is 0. The molecule has 0 radical (unpaired) electrons. The van der Waals surface area contributed by atoms with E-state index >= 15 is 0 Å². The Morgan fingerprint density at radius 2 is 2.25 bits per heavy atom. The molecule has 8 nitrogen and oxygen atoms in total. The molecule has 2 N–H and O–H groups in total. The van der Waals surface area contributed by atoms with Gasteiger partial charge in [0.15, 0.2) is 0 Å². The SMILES string of the molecule is O=C(Nc1ccc([N+](=O)[O-])cc1Cl)N[C@H]1CCO[C@@]2(CCOC2)C1. The van der Waals surface area contributed by atoms with Gasteiger partial charge in [0, 0.05) is 37.8 Å². The van der Waals surface area contributed by atoms with Crippen molar-refractivity contribution in [3.05, 3.63) is 33.3 Å². The molecule has 0 aromatic heterocycles. The van der Waals surface area contributed by atoms with Gasteiger partial charge in [-0.15, -0.1) is 0 Å². The van der Waals surface area contributed by atoms with Crippen molar-refractivity contribution < 1.29 is 19.2 Å². The Hall–Kier alpha value is -1.90. The number of benzene rings is 1. The highest BCUT2D eigenvalue weighted by molar-refractivity contribution is 6.33. The van der Waals surface area contributed by atoms with E-state index in [0.29, 0.717) is 31.9 Å². The van der Waals surface area contributed by atoms with Crippen LogP contribution in [0.1, 0.15) is 19.3 Å². The van der Waals surface area contributed by atoms with Gasteiger partial charge in [-0.1, -0.05) is 11.6 Å². The number of hydrogen-bond acceptors (Lipinski definition) is 5. The second-order valence-electron chi connectivity index (χ2n) is 6.04. The van der Waals surface area contributed by atoms with Crippen molar-refractivity contribution in [2.24, 2.45) is 0 Å². The van der Waals surface area contributed by atoms with Crippen LogP contribution in [0.2, 0.25) is 5.02 Å². The van der Waals surface area contributed by atoms with Crippen molar-refractivity contribution in [2.75, 3.05) is 25.1 Å². The lowest BCUT2D eigenvalue weighted by Gasteiger charge is -2.37. The van der Waals surface area contributed by atoms with E-state index in [-0.39, 0.29) is 22.4 Å². The van der Waals surface area contributed by atoms with E-state index in [1.807, 2.05) is 0 Å². The summed E-state index contributed by atoms with van der Waals surface area (Å²) >= 11 is 5.98. The number of halogens is 1. The van der Waals surface area contributed by atoms with Crippen molar-refractivity contribution in [2.45, 2.75) is 30.9 Å². The second kappa shape index (κ2) is 6.92. The molecule has 2 saturated heterocycles. The summed E-state index contributed by atoms with van der Waals surface area (Å²) < 4.78 is 11.2. The van der Waals surface area contributed by atoms with Crippen molar-refractivity contribution in [3.63, 3.8) is 0 Å². The largest absolute Gasteiger partial charge is 0.378 e. The van der Waals surface area contributed by atoms with Crippen molar-refractivity contribution in [1.29, 1.82) is 0 Å². The number of carbonyl (C=O) groups is 1. The number of nitrogens with zero attached hydrogens (tertiary/aromatic N) is 1. The fourth-order valence-electron chi connectivity index (χ4n) is 3.08. The Bertz CT molecular complexity index is 648. The summed E-state index contributed by atoms with van der Waals surface area (Å²) in [6.45, 7) is 1.81. The van der Waals surface area contributed by atoms with Gasteiger partial charge in [0.25, 0.3) is 5.69 Å². The van der Waals surface area contributed by atoms with E-state index < -0.39 is 11.0 Å². The molecule has 2 fully saturated rings. The van der Waals surface area contributed by atoms with Gasteiger partial charge in [-0.25, -0.2) is 4.79 Å². The Morgan fingerprint density at radius 3 is 2.92 bits per heavy atom. The van der Waals surface area contributed by atoms with Gasteiger partial charge < -0.3 is 20.1 Å². The first kappa shape index (κ1) is 16.9. The lowest BCUT2D eigenvalue weighted by atomic mass is 9.90. The standard InChI is InChI=1S/C15H18ClN3O5/c16-12-7-11(19(21)22)1-2-13(12)18-14(20)17-10-3-5-24-15(8-10)4-6-23-9-15/h1-2,7,10H,3-6,8-9H2,(H2,17,18,20)/t10-,15-/m0/s1. The number of non-ortho nitro benzene ring substituents is 1. The van der Waals surface area contributed by atoms with Crippen molar-refractivity contribution in [3.8, 4) is 0 Å². The number of carbonyl (C=O) groups excluding carboxylic acids is 1. The third kappa shape index (κ3) is 3.77.